The smallest absolute Gasteiger partial charge is 0.407 e. The third-order valence-corrected chi connectivity index (χ3v) is 5.16. The van der Waals surface area contributed by atoms with Crippen LogP contribution >= 0.6 is 0 Å². The van der Waals surface area contributed by atoms with Crippen molar-refractivity contribution < 1.29 is 14.6 Å². The maximum Gasteiger partial charge on any atom is 0.407 e. The van der Waals surface area contributed by atoms with E-state index < -0.39 is 6.09 Å². The Morgan fingerprint density at radius 1 is 1.00 bits per heavy atom. The first-order valence-corrected chi connectivity index (χ1v) is 10.3. The van der Waals surface area contributed by atoms with Gasteiger partial charge >= 0.3 is 6.09 Å². The summed E-state index contributed by atoms with van der Waals surface area (Å²) in [5.74, 6) is 1.66. The molecule has 31 heavy (non-hydrogen) atoms. The van der Waals surface area contributed by atoms with Crippen LogP contribution in [0, 0.1) is 0 Å². The number of hydrogen-bond donors (Lipinski definition) is 1. The van der Waals surface area contributed by atoms with E-state index in [1.165, 1.54) is 4.90 Å². The first-order valence-electron chi connectivity index (χ1n) is 10.3. The number of fused-ring (bicyclic) bond motifs is 1. The molecule has 0 aliphatic carbocycles. The van der Waals surface area contributed by atoms with Crippen molar-refractivity contribution in [3.63, 3.8) is 0 Å². The van der Waals surface area contributed by atoms with Crippen molar-refractivity contribution in [1.29, 1.82) is 0 Å². The molecule has 1 amide bonds. The van der Waals surface area contributed by atoms with Crippen molar-refractivity contribution in [3.05, 3.63) is 78.9 Å². The Bertz CT molecular complexity index is 1160. The van der Waals surface area contributed by atoms with Crippen LogP contribution in [-0.2, 0) is 0 Å². The van der Waals surface area contributed by atoms with Gasteiger partial charge in [0, 0.05) is 30.9 Å². The van der Waals surface area contributed by atoms with Gasteiger partial charge in [-0.15, -0.1) is 0 Å². The highest BCUT2D eigenvalue weighted by molar-refractivity contribution is 5.84. The van der Waals surface area contributed by atoms with Gasteiger partial charge in [-0.25, -0.2) is 9.78 Å². The zero-order chi connectivity index (χ0) is 21.6. The Labute approximate surface area is 181 Å². The first-order chi connectivity index (χ1) is 15.1. The SMILES string of the molecule is CN(CCCCOc1ccc2nc(-c3ccccc3)n(-c3ccccc3)c2c1)C(=O)O. The van der Waals surface area contributed by atoms with Crippen LogP contribution in [-0.4, -0.2) is 45.9 Å². The van der Waals surface area contributed by atoms with E-state index in [2.05, 4.69) is 28.8 Å². The largest absolute Gasteiger partial charge is 0.494 e. The number of carboxylic acid groups (broad SMARTS) is 1. The number of rotatable bonds is 8. The van der Waals surface area contributed by atoms with Gasteiger partial charge in [0.2, 0.25) is 0 Å². The standard InChI is InChI=1S/C25H25N3O3/c1-27(25(29)30)16-8-9-17-31-21-14-15-22-23(18-21)28(20-12-6-3-7-13-20)24(26-22)19-10-4-2-5-11-19/h2-7,10-15,18H,8-9,16-17H2,1H3,(H,29,30). The Morgan fingerprint density at radius 2 is 1.71 bits per heavy atom. The predicted octanol–water partition coefficient (Wildman–Crippen LogP) is 5.46. The molecular formula is C25H25N3O3. The zero-order valence-corrected chi connectivity index (χ0v) is 17.4. The second kappa shape index (κ2) is 9.34. The summed E-state index contributed by atoms with van der Waals surface area (Å²) in [5.41, 5.74) is 3.97. The van der Waals surface area contributed by atoms with Crippen molar-refractivity contribution in [3.8, 4) is 22.8 Å². The minimum absolute atomic E-state index is 0.499. The van der Waals surface area contributed by atoms with E-state index in [1.807, 2.05) is 54.6 Å². The monoisotopic (exact) mass is 415 g/mol. The van der Waals surface area contributed by atoms with E-state index in [-0.39, 0.29) is 0 Å². The summed E-state index contributed by atoms with van der Waals surface area (Å²) in [6, 6.07) is 26.3. The Morgan fingerprint density at radius 3 is 2.42 bits per heavy atom. The molecule has 0 aliphatic heterocycles. The van der Waals surface area contributed by atoms with Crippen LogP contribution in [0.25, 0.3) is 28.1 Å². The highest BCUT2D eigenvalue weighted by atomic mass is 16.5. The van der Waals surface area contributed by atoms with Gasteiger partial charge in [0.15, 0.2) is 0 Å². The number of ether oxygens (including phenoxy) is 1. The van der Waals surface area contributed by atoms with Gasteiger partial charge in [-0.1, -0.05) is 48.5 Å². The van der Waals surface area contributed by atoms with Crippen LogP contribution in [0.3, 0.4) is 0 Å². The number of amides is 1. The molecule has 0 bridgehead atoms. The van der Waals surface area contributed by atoms with Gasteiger partial charge in [-0.2, -0.15) is 0 Å². The fraction of sp³-hybridized carbons (Fsp3) is 0.200. The number of unbranched alkanes of at least 4 members (excludes halogenated alkanes) is 1. The number of nitrogens with zero attached hydrogens (tertiary/aromatic N) is 3. The molecule has 158 valence electrons. The van der Waals surface area contributed by atoms with Gasteiger partial charge in [0.25, 0.3) is 0 Å². The van der Waals surface area contributed by atoms with Crippen LogP contribution in [0.15, 0.2) is 78.9 Å². The number of benzene rings is 3. The number of aromatic nitrogens is 2. The summed E-state index contributed by atoms with van der Waals surface area (Å²) in [7, 11) is 1.58. The van der Waals surface area contributed by atoms with E-state index >= 15 is 0 Å². The van der Waals surface area contributed by atoms with Crippen LogP contribution in [0.2, 0.25) is 0 Å². The van der Waals surface area contributed by atoms with E-state index in [0.717, 1.165) is 46.7 Å². The third-order valence-electron chi connectivity index (χ3n) is 5.16. The molecular weight excluding hydrogens is 390 g/mol. The van der Waals surface area contributed by atoms with Gasteiger partial charge < -0.3 is 14.7 Å². The molecule has 0 aliphatic rings. The topological polar surface area (TPSA) is 67.6 Å². The van der Waals surface area contributed by atoms with Crippen molar-refractivity contribution in [2.45, 2.75) is 12.8 Å². The van der Waals surface area contributed by atoms with E-state index in [0.29, 0.717) is 13.2 Å². The molecule has 0 fully saturated rings. The molecule has 1 aromatic heterocycles. The van der Waals surface area contributed by atoms with Gasteiger partial charge in [0.1, 0.15) is 11.6 Å². The zero-order valence-electron chi connectivity index (χ0n) is 17.4. The Balaban J connectivity index is 1.59. The maximum atomic E-state index is 10.8. The normalized spacial score (nSPS) is 10.9. The summed E-state index contributed by atoms with van der Waals surface area (Å²) in [5, 5.41) is 8.91. The van der Waals surface area contributed by atoms with Crippen LogP contribution in [0.1, 0.15) is 12.8 Å². The minimum Gasteiger partial charge on any atom is -0.494 e. The Hall–Kier alpha value is -3.80. The van der Waals surface area contributed by atoms with Crippen LogP contribution < -0.4 is 4.74 Å². The molecule has 0 spiro atoms. The summed E-state index contributed by atoms with van der Waals surface area (Å²) < 4.78 is 8.11. The predicted molar refractivity (Wildman–Crippen MR) is 122 cm³/mol. The number of hydrogen-bond acceptors (Lipinski definition) is 3. The lowest BCUT2D eigenvalue weighted by molar-refractivity contribution is 0.154. The summed E-state index contributed by atoms with van der Waals surface area (Å²) in [6.07, 6.45) is 0.628. The van der Waals surface area contributed by atoms with Crippen molar-refractivity contribution in [2.24, 2.45) is 0 Å². The molecule has 6 nitrogen and oxygen atoms in total. The molecule has 1 heterocycles. The fourth-order valence-electron chi connectivity index (χ4n) is 3.50. The molecule has 0 unspecified atom stereocenters. The quantitative estimate of drug-likeness (QED) is 0.388. The van der Waals surface area contributed by atoms with Crippen molar-refractivity contribution >= 4 is 17.1 Å². The van der Waals surface area contributed by atoms with E-state index in [1.54, 1.807) is 7.05 Å². The van der Waals surface area contributed by atoms with Gasteiger partial charge in [0.05, 0.1) is 17.6 Å². The highest BCUT2D eigenvalue weighted by Crippen LogP contribution is 2.30. The molecule has 4 rings (SSSR count). The molecule has 0 atom stereocenters. The van der Waals surface area contributed by atoms with Crippen LogP contribution in [0.4, 0.5) is 4.79 Å². The second-order valence-electron chi connectivity index (χ2n) is 7.38. The average molecular weight is 415 g/mol. The summed E-state index contributed by atoms with van der Waals surface area (Å²) in [6.45, 7) is 1.03. The van der Waals surface area contributed by atoms with Crippen molar-refractivity contribution in [1.82, 2.24) is 14.5 Å². The molecule has 0 radical (unpaired) electrons. The average Bonchev–Trinajstić information content (AvgIpc) is 3.18. The molecule has 6 heteroatoms. The summed E-state index contributed by atoms with van der Waals surface area (Å²) >= 11 is 0. The highest BCUT2D eigenvalue weighted by Gasteiger charge is 2.15. The molecule has 0 saturated carbocycles. The van der Waals surface area contributed by atoms with Gasteiger partial charge in [-0.05, 0) is 37.1 Å². The number of imidazole rings is 1. The number of carbonyl (C=O) groups is 1. The Kier molecular flexibility index (Phi) is 6.17. The van der Waals surface area contributed by atoms with Crippen molar-refractivity contribution in [2.75, 3.05) is 20.2 Å². The lowest BCUT2D eigenvalue weighted by atomic mass is 10.2. The van der Waals surface area contributed by atoms with Crippen LogP contribution in [0.5, 0.6) is 5.75 Å². The van der Waals surface area contributed by atoms with Gasteiger partial charge in [-0.3, -0.25) is 4.57 Å². The maximum absolute atomic E-state index is 10.8. The molecule has 0 saturated heterocycles. The molecule has 3 aromatic carbocycles. The van der Waals surface area contributed by atoms with E-state index in [9.17, 15) is 4.79 Å². The molecule has 4 aromatic rings. The number of para-hydroxylation sites is 1. The van der Waals surface area contributed by atoms with E-state index in [4.69, 9.17) is 14.8 Å². The summed E-state index contributed by atoms with van der Waals surface area (Å²) in [4.78, 5) is 17.0. The third kappa shape index (κ3) is 4.69. The second-order valence-corrected chi connectivity index (χ2v) is 7.38. The molecule has 1 N–H and O–H groups in total. The fourth-order valence-corrected chi connectivity index (χ4v) is 3.50. The lowest BCUT2D eigenvalue weighted by Gasteiger charge is -2.13. The lowest BCUT2D eigenvalue weighted by Crippen LogP contribution is -2.25. The first kappa shape index (κ1) is 20.5. The minimum atomic E-state index is -0.908.